The highest BCUT2D eigenvalue weighted by Gasteiger charge is 2.32. The zero-order valence-corrected chi connectivity index (χ0v) is 12.6. The minimum Gasteiger partial charge on any atom is -0.467 e. The van der Waals surface area contributed by atoms with Crippen molar-refractivity contribution in [2.45, 2.75) is 70.3 Å². The number of piperidine rings is 1. The molecule has 0 aromatic carbocycles. The molecule has 1 aliphatic carbocycles. The van der Waals surface area contributed by atoms with Gasteiger partial charge in [0.05, 0.1) is 7.11 Å². The van der Waals surface area contributed by atoms with Gasteiger partial charge in [-0.25, -0.2) is 4.79 Å². The highest BCUT2D eigenvalue weighted by molar-refractivity contribution is 5.84. The van der Waals surface area contributed by atoms with Crippen molar-refractivity contribution in [1.29, 1.82) is 0 Å². The first-order valence-electron chi connectivity index (χ1n) is 8.09. The van der Waals surface area contributed by atoms with Crippen LogP contribution in [0.5, 0.6) is 0 Å². The first kappa shape index (κ1) is 15.3. The van der Waals surface area contributed by atoms with Gasteiger partial charge in [0.2, 0.25) is 5.91 Å². The van der Waals surface area contributed by atoms with Crippen molar-refractivity contribution < 1.29 is 14.3 Å². The molecular formula is C16H27NO3. The summed E-state index contributed by atoms with van der Waals surface area (Å²) in [5, 5.41) is 0. The Labute approximate surface area is 121 Å². The van der Waals surface area contributed by atoms with E-state index in [1.165, 1.54) is 39.2 Å². The van der Waals surface area contributed by atoms with E-state index >= 15 is 0 Å². The average molecular weight is 281 g/mol. The average Bonchev–Trinajstić information content (AvgIpc) is 2.52. The van der Waals surface area contributed by atoms with Gasteiger partial charge in [-0.2, -0.15) is 0 Å². The maximum absolute atomic E-state index is 12.4. The van der Waals surface area contributed by atoms with Crippen LogP contribution in [0.2, 0.25) is 0 Å². The summed E-state index contributed by atoms with van der Waals surface area (Å²) in [6, 6.07) is -0.340. The van der Waals surface area contributed by atoms with Gasteiger partial charge in [-0.3, -0.25) is 4.79 Å². The molecule has 0 radical (unpaired) electrons. The standard InChI is InChI=1S/C16H27NO3/c1-20-16(19)14-9-5-6-12-17(14)15(18)11-10-13-7-3-2-4-8-13/h13-14H,2-12H2,1H3/t14-/m1/s1. The Hall–Kier alpha value is -1.06. The Kier molecular flexibility index (Phi) is 5.86. The van der Waals surface area contributed by atoms with Crippen molar-refractivity contribution in [3.8, 4) is 0 Å². The number of nitrogens with zero attached hydrogens (tertiary/aromatic N) is 1. The lowest BCUT2D eigenvalue weighted by atomic mass is 9.86. The summed E-state index contributed by atoms with van der Waals surface area (Å²) in [6.45, 7) is 0.712. The van der Waals surface area contributed by atoms with Crippen molar-refractivity contribution >= 4 is 11.9 Å². The molecule has 0 N–H and O–H groups in total. The van der Waals surface area contributed by atoms with E-state index in [1.807, 2.05) is 0 Å². The van der Waals surface area contributed by atoms with Crippen LogP contribution >= 0.6 is 0 Å². The van der Waals surface area contributed by atoms with Crippen molar-refractivity contribution in [3.63, 3.8) is 0 Å². The van der Waals surface area contributed by atoms with Crippen molar-refractivity contribution in [1.82, 2.24) is 4.90 Å². The lowest BCUT2D eigenvalue weighted by Gasteiger charge is -2.34. The zero-order valence-electron chi connectivity index (χ0n) is 12.6. The Balaban J connectivity index is 1.83. The van der Waals surface area contributed by atoms with Gasteiger partial charge in [0.25, 0.3) is 0 Å². The fraction of sp³-hybridized carbons (Fsp3) is 0.875. The molecule has 0 aromatic heterocycles. The fourth-order valence-corrected chi connectivity index (χ4v) is 3.56. The van der Waals surface area contributed by atoms with E-state index in [-0.39, 0.29) is 17.9 Å². The molecule has 0 spiro atoms. The number of carbonyl (C=O) groups excluding carboxylic acids is 2. The third-order valence-electron chi connectivity index (χ3n) is 4.79. The van der Waals surface area contributed by atoms with Crippen molar-refractivity contribution in [2.75, 3.05) is 13.7 Å². The lowest BCUT2D eigenvalue weighted by Crippen LogP contribution is -2.48. The molecule has 0 bridgehead atoms. The molecule has 1 amide bonds. The second kappa shape index (κ2) is 7.65. The first-order chi connectivity index (χ1) is 9.72. The van der Waals surface area contributed by atoms with Crippen LogP contribution in [0.15, 0.2) is 0 Å². The van der Waals surface area contributed by atoms with E-state index in [2.05, 4.69) is 0 Å². The highest BCUT2D eigenvalue weighted by atomic mass is 16.5. The van der Waals surface area contributed by atoms with Crippen LogP contribution < -0.4 is 0 Å². The first-order valence-corrected chi connectivity index (χ1v) is 8.09. The topological polar surface area (TPSA) is 46.6 Å². The SMILES string of the molecule is COC(=O)[C@H]1CCCCN1C(=O)CCC1CCCCC1. The van der Waals surface area contributed by atoms with Gasteiger partial charge >= 0.3 is 5.97 Å². The van der Waals surface area contributed by atoms with Gasteiger partial charge in [0.15, 0.2) is 0 Å². The van der Waals surface area contributed by atoms with Crippen LogP contribution in [0.3, 0.4) is 0 Å². The molecule has 1 aliphatic heterocycles. The van der Waals surface area contributed by atoms with Crippen LogP contribution in [0.25, 0.3) is 0 Å². The normalized spacial score (nSPS) is 24.4. The third kappa shape index (κ3) is 3.97. The van der Waals surface area contributed by atoms with Crippen molar-refractivity contribution in [2.24, 2.45) is 5.92 Å². The molecule has 4 nitrogen and oxygen atoms in total. The molecule has 0 aromatic rings. The summed E-state index contributed by atoms with van der Waals surface area (Å²) in [6.07, 6.45) is 10.9. The number of methoxy groups -OCH3 is 1. The fourth-order valence-electron chi connectivity index (χ4n) is 3.56. The van der Waals surface area contributed by atoms with Crippen molar-refractivity contribution in [3.05, 3.63) is 0 Å². The van der Waals surface area contributed by atoms with Gasteiger partial charge < -0.3 is 9.64 Å². The van der Waals surface area contributed by atoms with Gasteiger partial charge in [-0.05, 0) is 31.6 Å². The van der Waals surface area contributed by atoms with Gasteiger partial charge in [-0.1, -0.05) is 32.1 Å². The largest absolute Gasteiger partial charge is 0.467 e. The van der Waals surface area contributed by atoms with E-state index in [9.17, 15) is 9.59 Å². The molecule has 114 valence electrons. The number of hydrogen-bond acceptors (Lipinski definition) is 3. The van der Waals surface area contributed by atoms with Gasteiger partial charge in [0, 0.05) is 13.0 Å². The number of esters is 1. The van der Waals surface area contributed by atoms with E-state index in [0.717, 1.165) is 25.7 Å². The molecule has 2 fully saturated rings. The van der Waals surface area contributed by atoms with Crippen LogP contribution in [-0.4, -0.2) is 36.5 Å². The summed E-state index contributed by atoms with van der Waals surface area (Å²) in [7, 11) is 1.40. The molecule has 1 saturated carbocycles. The maximum atomic E-state index is 12.4. The van der Waals surface area contributed by atoms with E-state index < -0.39 is 0 Å². The predicted octanol–water partition coefficient (Wildman–Crippen LogP) is 2.90. The maximum Gasteiger partial charge on any atom is 0.328 e. The highest BCUT2D eigenvalue weighted by Crippen LogP contribution is 2.28. The molecule has 1 heterocycles. The Morgan fingerprint density at radius 3 is 2.45 bits per heavy atom. The zero-order chi connectivity index (χ0) is 14.4. The Bertz CT molecular complexity index is 337. The van der Waals surface area contributed by atoms with Crippen LogP contribution in [0.4, 0.5) is 0 Å². The molecule has 4 heteroatoms. The van der Waals surface area contributed by atoms with E-state index in [0.29, 0.717) is 18.9 Å². The lowest BCUT2D eigenvalue weighted by molar-refractivity contribution is -0.154. The number of amides is 1. The summed E-state index contributed by atoms with van der Waals surface area (Å²) in [5.41, 5.74) is 0. The third-order valence-corrected chi connectivity index (χ3v) is 4.79. The van der Waals surface area contributed by atoms with Gasteiger partial charge in [-0.15, -0.1) is 0 Å². The monoisotopic (exact) mass is 281 g/mol. The van der Waals surface area contributed by atoms with Gasteiger partial charge in [0.1, 0.15) is 6.04 Å². The minimum absolute atomic E-state index is 0.144. The molecule has 1 atom stereocenters. The number of hydrogen-bond donors (Lipinski definition) is 0. The second-order valence-corrected chi connectivity index (χ2v) is 6.16. The van der Waals surface area contributed by atoms with Crippen LogP contribution in [0.1, 0.15) is 64.2 Å². The Morgan fingerprint density at radius 1 is 1.05 bits per heavy atom. The quantitative estimate of drug-likeness (QED) is 0.744. The Morgan fingerprint density at radius 2 is 1.75 bits per heavy atom. The smallest absolute Gasteiger partial charge is 0.328 e. The molecule has 0 unspecified atom stereocenters. The molecule has 20 heavy (non-hydrogen) atoms. The van der Waals surface area contributed by atoms with Crippen LogP contribution in [0, 0.1) is 5.92 Å². The number of rotatable bonds is 4. The molecular weight excluding hydrogens is 254 g/mol. The number of ether oxygens (including phenoxy) is 1. The van der Waals surface area contributed by atoms with E-state index in [1.54, 1.807) is 4.90 Å². The number of carbonyl (C=O) groups is 2. The predicted molar refractivity (Wildman–Crippen MR) is 77.2 cm³/mol. The summed E-state index contributed by atoms with van der Waals surface area (Å²) >= 11 is 0. The summed E-state index contributed by atoms with van der Waals surface area (Å²) < 4.78 is 4.83. The van der Waals surface area contributed by atoms with Crippen LogP contribution in [-0.2, 0) is 14.3 Å². The summed E-state index contributed by atoms with van der Waals surface area (Å²) in [5.74, 6) is 0.607. The number of likely N-dealkylation sites (tertiary alicyclic amines) is 1. The molecule has 2 rings (SSSR count). The summed E-state index contributed by atoms with van der Waals surface area (Å²) in [4.78, 5) is 25.9. The second-order valence-electron chi connectivity index (χ2n) is 6.16. The molecule has 1 saturated heterocycles. The molecule has 2 aliphatic rings. The van der Waals surface area contributed by atoms with E-state index in [4.69, 9.17) is 4.74 Å². The minimum atomic E-state index is -0.340.